The first-order valence-corrected chi connectivity index (χ1v) is 10.4. The predicted octanol–water partition coefficient (Wildman–Crippen LogP) is 5.31. The van der Waals surface area contributed by atoms with Gasteiger partial charge in [0, 0.05) is 13.0 Å². The lowest BCUT2D eigenvalue weighted by Gasteiger charge is -2.34. The molecule has 174 valence electrons. The van der Waals surface area contributed by atoms with Crippen molar-refractivity contribution < 1.29 is 26.7 Å². The zero-order valence-electron chi connectivity index (χ0n) is 17.6. The number of aromatic nitrogens is 2. The fourth-order valence-electron chi connectivity index (χ4n) is 3.86. The smallest absolute Gasteiger partial charge is 0.363 e. The summed E-state index contributed by atoms with van der Waals surface area (Å²) in [6, 6.07) is 7.88. The number of carbonyl (C=O) groups is 1. The average Bonchev–Trinajstić information content (AvgIpc) is 3.22. The van der Waals surface area contributed by atoms with Crippen LogP contribution in [0, 0.1) is 11.6 Å². The van der Waals surface area contributed by atoms with Crippen molar-refractivity contribution in [1.29, 1.82) is 0 Å². The molecule has 1 aliphatic rings. The zero-order valence-corrected chi connectivity index (χ0v) is 17.6. The quantitative estimate of drug-likeness (QED) is 0.503. The summed E-state index contributed by atoms with van der Waals surface area (Å²) < 4.78 is 68.7. The Morgan fingerprint density at radius 2 is 1.82 bits per heavy atom. The number of hydrogen-bond donors (Lipinski definition) is 2. The molecule has 1 amide bonds. The van der Waals surface area contributed by atoms with E-state index in [2.05, 4.69) is 15.7 Å². The van der Waals surface area contributed by atoms with Crippen LogP contribution in [-0.4, -0.2) is 21.9 Å². The van der Waals surface area contributed by atoms with Crippen molar-refractivity contribution in [3.63, 3.8) is 0 Å². The standard InChI is InChI=1S/C23H21F5N4O/c1-2-13-3-6-15(7-4-13)19-10-20(23(26,27)28)32-21(31-19)16(12-30-32)22(33)29-11-14-5-8-17(24)18(25)9-14/h3-9,12,19-20,31H,2,10-11H2,1H3,(H,29,33). The van der Waals surface area contributed by atoms with Crippen molar-refractivity contribution in [3.05, 3.63) is 82.5 Å². The van der Waals surface area contributed by atoms with Crippen LogP contribution in [0.1, 0.15) is 52.5 Å². The molecule has 0 saturated carbocycles. The van der Waals surface area contributed by atoms with Crippen molar-refractivity contribution in [2.45, 2.75) is 44.6 Å². The number of nitrogens with one attached hydrogen (secondary N) is 2. The molecule has 1 aliphatic heterocycles. The second-order valence-corrected chi connectivity index (χ2v) is 7.87. The maximum absolute atomic E-state index is 13.8. The van der Waals surface area contributed by atoms with Crippen LogP contribution in [0.2, 0.25) is 0 Å². The summed E-state index contributed by atoms with van der Waals surface area (Å²) in [6.07, 6.45) is -2.97. The number of hydrogen-bond acceptors (Lipinski definition) is 3. The molecule has 0 radical (unpaired) electrons. The molecule has 5 nitrogen and oxygen atoms in total. The highest BCUT2D eigenvalue weighted by Crippen LogP contribution is 2.44. The molecular formula is C23H21F5N4O. The number of carbonyl (C=O) groups excluding carboxylic acids is 1. The largest absolute Gasteiger partial charge is 0.410 e. The molecule has 0 saturated heterocycles. The summed E-state index contributed by atoms with van der Waals surface area (Å²) in [4.78, 5) is 12.7. The highest BCUT2D eigenvalue weighted by molar-refractivity contribution is 5.98. The van der Waals surface area contributed by atoms with Gasteiger partial charge in [0.25, 0.3) is 5.91 Å². The summed E-state index contributed by atoms with van der Waals surface area (Å²) in [5.41, 5.74) is 1.96. The Balaban J connectivity index is 1.60. The van der Waals surface area contributed by atoms with Crippen molar-refractivity contribution in [1.82, 2.24) is 15.1 Å². The highest BCUT2D eigenvalue weighted by atomic mass is 19.4. The van der Waals surface area contributed by atoms with Crippen molar-refractivity contribution in [2.75, 3.05) is 5.32 Å². The van der Waals surface area contributed by atoms with E-state index in [-0.39, 0.29) is 24.3 Å². The Bertz CT molecular complexity index is 1160. The molecule has 33 heavy (non-hydrogen) atoms. The number of fused-ring (bicyclic) bond motifs is 1. The van der Waals surface area contributed by atoms with Crippen LogP contribution in [0.5, 0.6) is 0 Å². The van der Waals surface area contributed by atoms with Gasteiger partial charge in [0.2, 0.25) is 0 Å². The fraction of sp³-hybridized carbons (Fsp3) is 0.304. The fourth-order valence-corrected chi connectivity index (χ4v) is 3.86. The number of aryl methyl sites for hydroxylation is 1. The summed E-state index contributed by atoms with van der Waals surface area (Å²) >= 11 is 0. The predicted molar refractivity (Wildman–Crippen MR) is 112 cm³/mol. The van der Waals surface area contributed by atoms with Crippen molar-refractivity contribution >= 4 is 11.7 Å². The summed E-state index contributed by atoms with van der Waals surface area (Å²) in [5.74, 6) is -2.81. The monoisotopic (exact) mass is 464 g/mol. The van der Waals surface area contributed by atoms with Gasteiger partial charge in [-0.1, -0.05) is 37.3 Å². The van der Waals surface area contributed by atoms with Gasteiger partial charge < -0.3 is 10.6 Å². The molecule has 1 aromatic heterocycles. The third kappa shape index (κ3) is 4.69. The van der Waals surface area contributed by atoms with E-state index in [0.717, 1.165) is 35.0 Å². The van der Waals surface area contributed by atoms with Gasteiger partial charge in [-0.05, 0) is 35.2 Å². The van der Waals surface area contributed by atoms with E-state index < -0.39 is 35.8 Å². The molecule has 2 atom stereocenters. The lowest BCUT2D eigenvalue weighted by Crippen LogP contribution is -2.36. The van der Waals surface area contributed by atoms with E-state index in [9.17, 15) is 26.7 Å². The van der Waals surface area contributed by atoms with Gasteiger partial charge in [-0.3, -0.25) is 4.79 Å². The van der Waals surface area contributed by atoms with Gasteiger partial charge in [0.1, 0.15) is 11.4 Å². The molecule has 2 aromatic carbocycles. The number of alkyl halides is 3. The van der Waals surface area contributed by atoms with E-state index in [1.165, 1.54) is 6.07 Å². The first-order chi connectivity index (χ1) is 15.7. The molecule has 0 fully saturated rings. The maximum atomic E-state index is 13.8. The molecule has 2 heterocycles. The SMILES string of the molecule is CCc1ccc(C2CC(C(F)(F)F)n3ncc(C(=O)NCc4ccc(F)c(F)c4)c3N2)cc1. The lowest BCUT2D eigenvalue weighted by atomic mass is 9.95. The number of halogens is 5. The van der Waals surface area contributed by atoms with Gasteiger partial charge >= 0.3 is 6.18 Å². The van der Waals surface area contributed by atoms with Gasteiger partial charge in [-0.2, -0.15) is 18.3 Å². The number of amides is 1. The highest BCUT2D eigenvalue weighted by Gasteiger charge is 2.47. The summed E-state index contributed by atoms with van der Waals surface area (Å²) in [7, 11) is 0. The number of anilines is 1. The Morgan fingerprint density at radius 1 is 1.12 bits per heavy atom. The lowest BCUT2D eigenvalue weighted by molar-refractivity contribution is -0.173. The molecule has 10 heteroatoms. The topological polar surface area (TPSA) is 59.0 Å². The van der Waals surface area contributed by atoms with Crippen molar-refractivity contribution in [2.24, 2.45) is 0 Å². The van der Waals surface area contributed by atoms with E-state index >= 15 is 0 Å². The maximum Gasteiger partial charge on any atom is 0.410 e. The minimum Gasteiger partial charge on any atom is -0.363 e. The average molecular weight is 464 g/mol. The van der Waals surface area contributed by atoms with Crippen LogP contribution in [0.15, 0.2) is 48.7 Å². The number of rotatable bonds is 5. The molecular weight excluding hydrogens is 443 g/mol. The second-order valence-electron chi connectivity index (χ2n) is 7.87. The summed E-state index contributed by atoms with van der Waals surface area (Å²) in [5, 5.41) is 9.37. The second kappa shape index (κ2) is 8.84. The van der Waals surface area contributed by atoms with Gasteiger partial charge in [-0.25, -0.2) is 13.5 Å². The minimum absolute atomic E-state index is 0.0454. The third-order valence-electron chi connectivity index (χ3n) is 5.71. The van der Waals surface area contributed by atoms with Crippen LogP contribution < -0.4 is 10.6 Å². The molecule has 0 bridgehead atoms. The van der Waals surface area contributed by atoms with Gasteiger partial charge in [0.05, 0.1) is 12.2 Å². The molecule has 0 aliphatic carbocycles. The van der Waals surface area contributed by atoms with Gasteiger partial charge in [-0.15, -0.1) is 0 Å². The van der Waals surface area contributed by atoms with Crippen LogP contribution in [0.4, 0.5) is 27.8 Å². The van der Waals surface area contributed by atoms with E-state index in [0.29, 0.717) is 11.1 Å². The first-order valence-electron chi connectivity index (χ1n) is 10.4. The zero-order chi connectivity index (χ0) is 23.8. The van der Waals surface area contributed by atoms with Crippen LogP contribution >= 0.6 is 0 Å². The number of nitrogens with zero attached hydrogens (tertiary/aromatic N) is 2. The van der Waals surface area contributed by atoms with E-state index in [1.807, 2.05) is 19.1 Å². The Kier molecular flexibility index (Phi) is 6.09. The molecule has 4 rings (SSSR count). The van der Waals surface area contributed by atoms with Crippen LogP contribution in [0.3, 0.4) is 0 Å². The molecule has 2 N–H and O–H groups in total. The van der Waals surface area contributed by atoms with Gasteiger partial charge in [0.15, 0.2) is 17.7 Å². The van der Waals surface area contributed by atoms with E-state index in [4.69, 9.17) is 0 Å². The normalized spacial score (nSPS) is 17.9. The number of benzene rings is 2. The molecule has 2 unspecified atom stereocenters. The van der Waals surface area contributed by atoms with E-state index in [1.54, 1.807) is 12.1 Å². The van der Waals surface area contributed by atoms with Crippen molar-refractivity contribution in [3.8, 4) is 0 Å². The molecule has 0 spiro atoms. The first kappa shape index (κ1) is 22.8. The minimum atomic E-state index is -4.57. The Labute approximate surface area is 186 Å². The Morgan fingerprint density at radius 3 is 2.45 bits per heavy atom. The Hall–Kier alpha value is -3.43. The molecule has 3 aromatic rings. The van der Waals surface area contributed by atoms with Crippen LogP contribution in [-0.2, 0) is 13.0 Å². The summed E-state index contributed by atoms with van der Waals surface area (Å²) in [6.45, 7) is 1.85. The third-order valence-corrected chi connectivity index (χ3v) is 5.71. The van der Waals surface area contributed by atoms with Crippen LogP contribution in [0.25, 0.3) is 0 Å².